The first-order valence-corrected chi connectivity index (χ1v) is 12.4. The maximum Gasteiger partial charge on any atom is 0.347 e. The van der Waals surface area contributed by atoms with Crippen LogP contribution in [-0.4, -0.2) is 25.2 Å². The van der Waals surface area contributed by atoms with Gasteiger partial charge in [-0.15, -0.1) is 16.4 Å². The molecule has 5 rings (SSSR count). The van der Waals surface area contributed by atoms with Gasteiger partial charge in [0.1, 0.15) is 12.4 Å². The van der Waals surface area contributed by atoms with Crippen molar-refractivity contribution >= 4 is 39.6 Å². The highest BCUT2D eigenvalue weighted by Gasteiger charge is 2.21. The number of amides is 1. The number of pyridine rings is 1. The van der Waals surface area contributed by atoms with E-state index in [1.54, 1.807) is 36.5 Å². The largest absolute Gasteiger partial charge is 0.347 e. The summed E-state index contributed by atoms with van der Waals surface area (Å²) in [5.41, 5.74) is 0.541. The highest BCUT2D eigenvalue weighted by atomic mass is 35.5. The average Bonchev–Trinajstić information content (AvgIpc) is 3.43. The maximum absolute atomic E-state index is 14.3. The second-order valence-electron chi connectivity index (χ2n) is 8.25. The Bertz CT molecular complexity index is 1620. The third-order valence-corrected chi connectivity index (χ3v) is 7.02. The standard InChI is InChI=1S/C26H21ClFN5O2S/c1-16(24-19-8-4-2-6-17(19)12-13-29-24)30-23(34)15-33-26(35)32(14-18-7-3-5-9-20(18)28)25(31-33)21-10-11-22(27)36-21/h2-13,16H,14-15H2,1H3,(H,30,34). The van der Waals surface area contributed by atoms with Crippen LogP contribution >= 0.6 is 22.9 Å². The Balaban J connectivity index is 1.43. The van der Waals surface area contributed by atoms with Gasteiger partial charge in [0.2, 0.25) is 5.91 Å². The van der Waals surface area contributed by atoms with E-state index in [9.17, 15) is 14.0 Å². The van der Waals surface area contributed by atoms with Crippen LogP contribution in [0.25, 0.3) is 21.5 Å². The molecule has 5 aromatic rings. The molecule has 0 spiro atoms. The minimum atomic E-state index is -0.524. The zero-order valence-corrected chi connectivity index (χ0v) is 20.8. The van der Waals surface area contributed by atoms with E-state index in [4.69, 9.17) is 11.6 Å². The molecule has 0 fully saturated rings. The quantitative estimate of drug-likeness (QED) is 0.325. The van der Waals surface area contributed by atoms with Gasteiger partial charge in [0.15, 0.2) is 5.82 Å². The van der Waals surface area contributed by atoms with E-state index in [2.05, 4.69) is 15.4 Å². The van der Waals surface area contributed by atoms with E-state index in [-0.39, 0.29) is 13.1 Å². The molecule has 3 heterocycles. The number of rotatable bonds is 7. The molecule has 182 valence electrons. The first kappa shape index (κ1) is 23.9. The van der Waals surface area contributed by atoms with Crippen LogP contribution in [0.5, 0.6) is 0 Å². The molecule has 0 aliphatic rings. The van der Waals surface area contributed by atoms with E-state index in [0.29, 0.717) is 20.6 Å². The highest BCUT2D eigenvalue weighted by molar-refractivity contribution is 7.19. The van der Waals surface area contributed by atoms with E-state index >= 15 is 0 Å². The molecular formula is C26H21ClFN5O2S. The highest BCUT2D eigenvalue weighted by Crippen LogP contribution is 2.29. The summed E-state index contributed by atoms with van der Waals surface area (Å²) in [5.74, 6) is -0.510. The molecule has 0 bridgehead atoms. The van der Waals surface area contributed by atoms with Gasteiger partial charge in [0, 0.05) is 17.1 Å². The number of fused-ring (bicyclic) bond motifs is 1. The van der Waals surface area contributed by atoms with Crippen molar-refractivity contribution in [3.8, 4) is 10.7 Å². The van der Waals surface area contributed by atoms with Gasteiger partial charge < -0.3 is 5.32 Å². The van der Waals surface area contributed by atoms with Gasteiger partial charge in [0.25, 0.3) is 0 Å². The molecular weight excluding hydrogens is 501 g/mol. The Morgan fingerprint density at radius 1 is 1.11 bits per heavy atom. The third kappa shape index (κ3) is 4.80. The van der Waals surface area contributed by atoms with Crippen LogP contribution in [-0.2, 0) is 17.9 Å². The molecule has 3 aromatic heterocycles. The minimum absolute atomic E-state index is 0.0334. The summed E-state index contributed by atoms with van der Waals surface area (Å²) in [7, 11) is 0. The van der Waals surface area contributed by atoms with Crippen LogP contribution in [0.1, 0.15) is 24.2 Å². The van der Waals surface area contributed by atoms with Crippen LogP contribution in [0.3, 0.4) is 0 Å². The zero-order chi connectivity index (χ0) is 25.2. The Morgan fingerprint density at radius 3 is 2.67 bits per heavy atom. The lowest BCUT2D eigenvalue weighted by Gasteiger charge is -2.15. The third-order valence-electron chi connectivity index (χ3n) is 5.79. The molecule has 0 aliphatic heterocycles. The van der Waals surface area contributed by atoms with Gasteiger partial charge >= 0.3 is 5.69 Å². The minimum Gasteiger partial charge on any atom is -0.346 e. The van der Waals surface area contributed by atoms with Crippen LogP contribution in [0.4, 0.5) is 4.39 Å². The molecule has 0 radical (unpaired) electrons. The summed E-state index contributed by atoms with van der Waals surface area (Å²) >= 11 is 7.35. The summed E-state index contributed by atoms with van der Waals surface area (Å²) < 4.78 is 17.3. The Labute approximate surface area is 214 Å². The summed E-state index contributed by atoms with van der Waals surface area (Å²) in [6.07, 6.45) is 1.70. The van der Waals surface area contributed by atoms with Crippen molar-refractivity contribution in [3.05, 3.63) is 105 Å². The molecule has 0 saturated heterocycles. The van der Waals surface area contributed by atoms with Gasteiger partial charge in [-0.2, -0.15) is 0 Å². The second-order valence-corrected chi connectivity index (χ2v) is 9.97. The number of aromatic nitrogens is 4. The number of hydrogen-bond donors (Lipinski definition) is 1. The SMILES string of the molecule is CC(NC(=O)Cn1nc(-c2ccc(Cl)s2)n(Cc2ccccc2F)c1=O)c1nccc2ccccc12. The number of carbonyl (C=O) groups is 1. The van der Waals surface area contributed by atoms with Gasteiger partial charge in [-0.05, 0) is 36.6 Å². The maximum atomic E-state index is 14.3. The summed E-state index contributed by atoms with van der Waals surface area (Å²) in [4.78, 5) is 31.3. The van der Waals surface area contributed by atoms with Crippen molar-refractivity contribution in [1.82, 2.24) is 24.6 Å². The van der Waals surface area contributed by atoms with Crippen LogP contribution < -0.4 is 11.0 Å². The number of carbonyl (C=O) groups excluding carboxylic acids is 1. The number of nitrogens with zero attached hydrogens (tertiary/aromatic N) is 4. The Hall–Kier alpha value is -3.82. The molecule has 1 unspecified atom stereocenters. The van der Waals surface area contributed by atoms with Gasteiger partial charge in [-0.3, -0.25) is 14.3 Å². The molecule has 1 atom stereocenters. The molecule has 10 heteroatoms. The lowest BCUT2D eigenvalue weighted by molar-refractivity contribution is -0.122. The van der Waals surface area contributed by atoms with Gasteiger partial charge in [0.05, 0.1) is 27.5 Å². The van der Waals surface area contributed by atoms with Crippen LogP contribution in [0, 0.1) is 5.82 Å². The molecule has 1 amide bonds. The second kappa shape index (κ2) is 10.0. The normalized spacial score (nSPS) is 12.1. The fourth-order valence-electron chi connectivity index (χ4n) is 4.08. The number of halogens is 2. The monoisotopic (exact) mass is 521 g/mol. The van der Waals surface area contributed by atoms with Crippen molar-refractivity contribution < 1.29 is 9.18 Å². The molecule has 0 saturated carbocycles. The van der Waals surface area contributed by atoms with E-state index in [1.807, 2.05) is 37.3 Å². The summed E-state index contributed by atoms with van der Waals surface area (Å²) in [6, 6.07) is 19.0. The lowest BCUT2D eigenvalue weighted by atomic mass is 10.1. The van der Waals surface area contributed by atoms with Crippen molar-refractivity contribution in [2.75, 3.05) is 0 Å². The molecule has 0 aliphatic carbocycles. The average molecular weight is 522 g/mol. The van der Waals surface area contributed by atoms with Crippen LogP contribution in [0.2, 0.25) is 4.34 Å². The summed E-state index contributed by atoms with van der Waals surface area (Å²) in [6.45, 7) is 1.50. The first-order chi connectivity index (χ1) is 17.4. The van der Waals surface area contributed by atoms with Gasteiger partial charge in [-0.25, -0.2) is 13.9 Å². The first-order valence-electron chi connectivity index (χ1n) is 11.2. The Kier molecular flexibility index (Phi) is 6.67. The molecule has 2 aromatic carbocycles. The van der Waals surface area contributed by atoms with E-state index in [0.717, 1.165) is 21.1 Å². The van der Waals surface area contributed by atoms with Crippen molar-refractivity contribution in [2.45, 2.75) is 26.1 Å². The number of thiophene rings is 1. The smallest absolute Gasteiger partial charge is 0.346 e. The molecule has 1 N–H and O–H groups in total. The number of hydrogen-bond acceptors (Lipinski definition) is 5. The Morgan fingerprint density at radius 2 is 1.89 bits per heavy atom. The molecule has 7 nitrogen and oxygen atoms in total. The van der Waals surface area contributed by atoms with Crippen molar-refractivity contribution in [2.24, 2.45) is 0 Å². The fourth-order valence-corrected chi connectivity index (χ4v) is 5.12. The summed E-state index contributed by atoms with van der Waals surface area (Å²) in [5, 5.41) is 9.28. The van der Waals surface area contributed by atoms with Crippen molar-refractivity contribution in [1.29, 1.82) is 0 Å². The molecule has 36 heavy (non-hydrogen) atoms. The van der Waals surface area contributed by atoms with Crippen LogP contribution in [0.15, 0.2) is 77.7 Å². The topological polar surface area (TPSA) is 81.8 Å². The number of nitrogens with one attached hydrogen (secondary N) is 1. The number of benzene rings is 2. The van der Waals surface area contributed by atoms with E-state index in [1.165, 1.54) is 22.0 Å². The lowest BCUT2D eigenvalue weighted by Crippen LogP contribution is -2.35. The van der Waals surface area contributed by atoms with Crippen molar-refractivity contribution in [3.63, 3.8) is 0 Å². The predicted octanol–water partition coefficient (Wildman–Crippen LogP) is 5.04. The zero-order valence-electron chi connectivity index (χ0n) is 19.2. The predicted molar refractivity (Wildman–Crippen MR) is 139 cm³/mol. The van der Waals surface area contributed by atoms with E-state index < -0.39 is 23.5 Å². The fraction of sp³-hybridized carbons (Fsp3) is 0.154. The van der Waals surface area contributed by atoms with Gasteiger partial charge in [-0.1, -0.05) is 54.1 Å².